The van der Waals surface area contributed by atoms with Gasteiger partial charge in [-0.3, -0.25) is 6.08 Å². The van der Waals surface area contributed by atoms with Crippen molar-refractivity contribution >= 4 is 17.7 Å². The van der Waals surface area contributed by atoms with Crippen LogP contribution in [0.2, 0.25) is 0 Å². The van der Waals surface area contributed by atoms with Gasteiger partial charge in [-0.1, -0.05) is 62.6 Å². The zero-order chi connectivity index (χ0) is 22.5. The van der Waals surface area contributed by atoms with Crippen LogP contribution in [0.25, 0.3) is 21.9 Å². The number of benzene rings is 2. The molecule has 0 fully saturated rings. The van der Waals surface area contributed by atoms with E-state index in [-0.39, 0.29) is 14.9 Å². The Balaban J connectivity index is 0.000000632. The Morgan fingerprint density at radius 1 is 0.969 bits per heavy atom. The summed E-state index contributed by atoms with van der Waals surface area (Å²) in [6.45, 7) is 11.7. The molecule has 2 radical (unpaired) electrons. The van der Waals surface area contributed by atoms with Gasteiger partial charge in [-0.05, 0) is 0 Å². The van der Waals surface area contributed by atoms with Crippen LogP contribution in [0.15, 0.2) is 77.4 Å². The van der Waals surface area contributed by atoms with E-state index in [0.717, 1.165) is 22.4 Å². The second-order valence-electron chi connectivity index (χ2n) is 7.21. The number of hydrogen-bond acceptors (Lipinski definition) is 0. The molecule has 1 atom stereocenters. The Morgan fingerprint density at radius 2 is 1.59 bits per heavy atom. The van der Waals surface area contributed by atoms with Crippen LogP contribution in [0.3, 0.4) is 0 Å². The van der Waals surface area contributed by atoms with E-state index in [4.69, 9.17) is 0 Å². The minimum atomic E-state index is -4.31. The summed E-state index contributed by atoms with van der Waals surface area (Å²) < 4.78 is 38.2. The number of allylic oxidation sites excluding steroid dienone is 4. The van der Waals surface area contributed by atoms with E-state index in [2.05, 4.69) is 40.7 Å². The molecule has 0 spiro atoms. The van der Waals surface area contributed by atoms with Gasteiger partial charge in [-0.15, -0.1) is 53.6 Å². The summed E-state index contributed by atoms with van der Waals surface area (Å²) >= 11 is 1.36. The van der Waals surface area contributed by atoms with Gasteiger partial charge in [-0.25, -0.2) is 5.57 Å². The van der Waals surface area contributed by atoms with Crippen molar-refractivity contribution in [1.82, 2.24) is 0 Å². The zero-order valence-corrected chi connectivity index (χ0v) is 22.9. The molecule has 3 aromatic carbocycles. The van der Waals surface area contributed by atoms with Crippen LogP contribution >= 0.6 is 0 Å². The fraction of sp³-hybridized carbons (Fsp3) is 0.222. The Bertz CT molecular complexity index is 1070. The van der Waals surface area contributed by atoms with Crippen LogP contribution in [-0.2, 0) is 29.5 Å². The predicted molar refractivity (Wildman–Crippen MR) is 129 cm³/mol. The van der Waals surface area contributed by atoms with E-state index in [1.165, 1.54) is 52.2 Å². The summed E-state index contributed by atoms with van der Waals surface area (Å²) in [5, 5.41) is 2.01. The molecule has 0 saturated heterocycles. The van der Waals surface area contributed by atoms with Gasteiger partial charge < -0.3 is 14.9 Å². The van der Waals surface area contributed by atoms with E-state index in [1.807, 2.05) is 36.4 Å². The van der Waals surface area contributed by atoms with E-state index in [1.54, 1.807) is 6.07 Å². The first-order valence-electron chi connectivity index (χ1n) is 9.53. The zero-order valence-electron chi connectivity index (χ0n) is 19.5. The topological polar surface area (TPSA) is 0 Å². The van der Waals surface area contributed by atoms with Crippen molar-refractivity contribution < 1.29 is 36.5 Å². The van der Waals surface area contributed by atoms with Crippen LogP contribution < -0.4 is 0 Å². The third-order valence-corrected chi connectivity index (χ3v) is 5.42. The van der Waals surface area contributed by atoms with Crippen LogP contribution in [-0.4, -0.2) is 6.88 Å². The Labute approximate surface area is 208 Å². The van der Waals surface area contributed by atoms with E-state index in [9.17, 15) is 13.2 Å². The first-order valence-corrected chi connectivity index (χ1v) is 13.7. The molecule has 1 aliphatic rings. The third-order valence-electron chi connectivity index (χ3n) is 5.42. The summed E-state index contributed by atoms with van der Waals surface area (Å²) in [4.78, 5) is 0. The average Bonchev–Trinajstić information content (AvgIpc) is 3.26. The molecule has 0 heterocycles. The van der Waals surface area contributed by atoms with Gasteiger partial charge in [0.25, 0.3) is 0 Å². The second kappa shape index (κ2) is 13.2. The maximum atomic E-state index is 12.7. The quantitative estimate of drug-likeness (QED) is 0.219. The van der Waals surface area contributed by atoms with E-state index >= 15 is 0 Å². The number of hydrogen-bond donors (Lipinski definition) is 0. The average molecular weight is 530 g/mol. The number of rotatable bonds is 1. The van der Waals surface area contributed by atoms with Gasteiger partial charge in [0.2, 0.25) is 0 Å². The normalized spacial score (nSPS) is 14.8. The van der Waals surface area contributed by atoms with E-state index in [0.29, 0.717) is 11.5 Å². The molecule has 0 aromatic heterocycles. The molecule has 4 rings (SSSR count). The molecule has 0 aliphatic heterocycles. The van der Waals surface area contributed by atoms with Gasteiger partial charge in [0.1, 0.15) is 0 Å². The first kappa shape index (κ1) is 30.4. The molecule has 170 valence electrons. The third kappa shape index (κ3) is 7.22. The number of halogens is 3. The molecular weight excluding hydrogens is 501 g/mol. The summed E-state index contributed by atoms with van der Waals surface area (Å²) in [7, 11) is 0. The molecule has 3 aromatic rings. The summed E-state index contributed by atoms with van der Waals surface area (Å²) in [5.41, 5.74) is 5.06. The van der Waals surface area contributed by atoms with Crippen molar-refractivity contribution in [2.45, 2.75) is 33.9 Å². The summed E-state index contributed by atoms with van der Waals surface area (Å²) in [6.07, 6.45) is -0.948. The van der Waals surface area contributed by atoms with Crippen molar-refractivity contribution in [3.8, 4) is 11.1 Å². The van der Waals surface area contributed by atoms with Gasteiger partial charge in [0, 0.05) is 0 Å². The fourth-order valence-electron chi connectivity index (χ4n) is 3.43. The van der Waals surface area contributed by atoms with Gasteiger partial charge in [-0.2, -0.15) is 24.3 Å². The molecule has 0 nitrogen and oxygen atoms in total. The van der Waals surface area contributed by atoms with Crippen molar-refractivity contribution in [3.63, 3.8) is 0 Å². The van der Waals surface area contributed by atoms with E-state index < -0.39 is 11.7 Å². The van der Waals surface area contributed by atoms with Crippen LogP contribution in [0, 0.1) is 26.8 Å². The Morgan fingerprint density at radius 3 is 2.09 bits per heavy atom. The van der Waals surface area contributed by atoms with Gasteiger partial charge >= 0.3 is 36.4 Å². The molecule has 1 aliphatic carbocycles. The van der Waals surface area contributed by atoms with Crippen LogP contribution in [0.5, 0.6) is 0 Å². The van der Waals surface area contributed by atoms with Gasteiger partial charge in [0.05, 0.1) is 5.56 Å². The Hall–Kier alpha value is -1.58. The SMILES string of the molecule is CC1=[C-]C(C)C(C)=C1C.FC(F)(F)c1cccc(-c2c[cH-]c3ccccc23)c1.[CH3-].[CH3-].[Si]=[Zr]. The van der Waals surface area contributed by atoms with Crippen molar-refractivity contribution in [3.05, 3.63) is 104 Å². The molecule has 32 heavy (non-hydrogen) atoms. The number of alkyl halides is 3. The first-order chi connectivity index (χ1) is 14.2. The predicted octanol–water partition coefficient (Wildman–Crippen LogP) is 8.48. The molecule has 0 saturated carbocycles. The molecule has 0 bridgehead atoms. The maximum absolute atomic E-state index is 12.7. The summed E-state index contributed by atoms with van der Waals surface area (Å²) in [6, 6.07) is 16.9. The number of fused-ring (bicyclic) bond motifs is 1. The molecule has 0 amide bonds. The molecule has 0 N–H and O–H groups in total. The monoisotopic (exact) mass is 528 g/mol. The van der Waals surface area contributed by atoms with Crippen molar-refractivity contribution in [1.29, 1.82) is 0 Å². The van der Waals surface area contributed by atoms with Crippen LogP contribution in [0.1, 0.15) is 33.3 Å². The van der Waals surface area contributed by atoms with Crippen LogP contribution in [0.4, 0.5) is 13.2 Å². The molecule has 5 heteroatoms. The second-order valence-corrected chi connectivity index (χ2v) is 7.21. The standard InChI is InChI=1S/C16H10F3.C9H13.2CH3.Si.Zr/c17-16(18,19)13-6-3-5-12(10-13)15-9-8-11-4-1-2-7-14(11)15;1-6-5-7(2)9(4)8(6)3;;;;/h1-10H;6H,1-4H3;2*1H3;;/q4*-1;;. The minimum absolute atomic E-state index is 0. The van der Waals surface area contributed by atoms with Crippen molar-refractivity contribution in [2.75, 3.05) is 0 Å². The fourth-order valence-corrected chi connectivity index (χ4v) is 3.43. The van der Waals surface area contributed by atoms with Gasteiger partial charge in [0.15, 0.2) is 0 Å². The Kier molecular flexibility index (Phi) is 12.6. The summed E-state index contributed by atoms with van der Waals surface area (Å²) in [5.74, 6) is 0.560. The van der Waals surface area contributed by atoms with Crippen molar-refractivity contribution in [2.24, 2.45) is 5.92 Å². The molecular formula is C27H29F3SiZr-4. The molecule has 1 unspecified atom stereocenters.